The number of hydrogen-bond acceptors (Lipinski definition) is 3. The molecule has 0 bridgehead atoms. The monoisotopic (exact) mass is 296 g/mol. The molecule has 0 aliphatic carbocycles. The van der Waals surface area contributed by atoms with E-state index in [0.717, 1.165) is 23.1 Å². The molecular formula is C15H24N2O2S. The molecule has 2 rings (SSSR count). The SMILES string of the molecule is Cc1cc(C)c(S(=O)(=O)N2CCC(N)C(C)C2)c(C)c1. The Bertz CT molecular complexity index is 587. The lowest BCUT2D eigenvalue weighted by Crippen LogP contribution is -2.48. The lowest BCUT2D eigenvalue weighted by atomic mass is 9.96. The highest BCUT2D eigenvalue weighted by Crippen LogP contribution is 2.28. The molecular weight excluding hydrogens is 272 g/mol. The Labute approximate surface area is 122 Å². The van der Waals surface area contributed by atoms with Gasteiger partial charge in [0.2, 0.25) is 10.0 Å². The van der Waals surface area contributed by atoms with Crippen LogP contribution < -0.4 is 5.73 Å². The second-order valence-electron chi connectivity index (χ2n) is 6.02. The molecule has 1 fully saturated rings. The van der Waals surface area contributed by atoms with Gasteiger partial charge in [-0.05, 0) is 44.2 Å². The van der Waals surface area contributed by atoms with E-state index < -0.39 is 10.0 Å². The summed E-state index contributed by atoms with van der Waals surface area (Å²) in [4.78, 5) is 0.464. The molecule has 1 heterocycles. The van der Waals surface area contributed by atoms with Crippen LogP contribution in [0, 0.1) is 26.7 Å². The number of nitrogens with two attached hydrogens (primary N) is 1. The third-order valence-corrected chi connectivity index (χ3v) is 6.31. The number of aryl methyl sites for hydroxylation is 3. The van der Waals surface area contributed by atoms with Crippen molar-refractivity contribution >= 4 is 10.0 Å². The van der Waals surface area contributed by atoms with Crippen molar-refractivity contribution in [1.82, 2.24) is 4.31 Å². The molecule has 1 aromatic carbocycles. The number of piperidine rings is 1. The first-order valence-electron chi connectivity index (χ1n) is 7.07. The number of sulfonamides is 1. The fourth-order valence-electron chi connectivity index (χ4n) is 3.05. The molecule has 1 saturated heterocycles. The van der Waals surface area contributed by atoms with Crippen LogP contribution in [0.1, 0.15) is 30.0 Å². The first kappa shape index (κ1) is 15.5. The predicted octanol–water partition coefficient (Wildman–Crippen LogP) is 1.97. The van der Waals surface area contributed by atoms with E-state index in [1.165, 1.54) is 0 Å². The van der Waals surface area contributed by atoms with Gasteiger partial charge in [-0.15, -0.1) is 0 Å². The zero-order chi connectivity index (χ0) is 15.1. The molecule has 0 spiro atoms. The van der Waals surface area contributed by atoms with Crippen LogP contribution in [-0.2, 0) is 10.0 Å². The molecule has 1 aromatic rings. The second kappa shape index (κ2) is 5.47. The lowest BCUT2D eigenvalue weighted by molar-refractivity contribution is 0.250. The quantitative estimate of drug-likeness (QED) is 0.907. The van der Waals surface area contributed by atoms with Crippen molar-refractivity contribution in [3.05, 3.63) is 28.8 Å². The van der Waals surface area contributed by atoms with E-state index in [9.17, 15) is 8.42 Å². The predicted molar refractivity (Wildman–Crippen MR) is 81.2 cm³/mol. The van der Waals surface area contributed by atoms with Gasteiger partial charge < -0.3 is 5.73 Å². The summed E-state index contributed by atoms with van der Waals surface area (Å²) in [7, 11) is -3.42. The highest BCUT2D eigenvalue weighted by Gasteiger charge is 2.33. The van der Waals surface area contributed by atoms with Gasteiger partial charge in [0.1, 0.15) is 0 Å². The minimum Gasteiger partial charge on any atom is -0.327 e. The van der Waals surface area contributed by atoms with Crippen LogP contribution in [0.3, 0.4) is 0 Å². The summed E-state index contributed by atoms with van der Waals surface area (Å²) in [5, 5.41) is 0. The van der Waals surface area contributed by atoms with Gasteiger partial charge in [-0.2, -0.15) is 4.31 Å². The van der Waals surface area contributed by atoms with Crippen LogP contribution in [0.5, 0.6) is 0 Å². The Morgan fingerprint density at radius 3 is 2.25 bits per heavy atom. The fraction of sp³-hybridized carbons (Fsp3) is 0.600. The molecule has 4 nitrogen and oxygen atoms in total. The summed E-state index contributed by atoms with van der Waals surface area (Å²) in [6.45, 7) is 8.76. The van der Waals surface area contributed by atoms with Gasteiger partial charge in [0.15, 0.2) is 0 Å². The minimum absolute atomic E-state index is 0.0988. The van der Waals surface area contributed by atoms with Gasteiger partial charge in [0, 0.05) is 19.1 Å². The maximum atomic E-state index is 12.9. The lowest BCUT2D eigenvalue weighted by Gasteiger charge is -2.34. The van der Waals surface area contributed by atoms with Crippen molar-refractivity contribution in [3.63, 3.8) is 0 Å². The first-order valence-corrected chi connectivity index (χ1v) is 8.51. The van der Waals surface area contributed by atoms with Crippen LogP contribution in [0.4, 0.5) is 0 Å². The van der Waals surface area contributed by atoms with Crippen LogP contribution in [0.2, 0.25) is 0 Å². The summed E-state index contributed by atoms with van der Waals surface area (Å²) in [6.07, 6.45) is 0.727. The van der Waals surface area contributed by atoms with Gasteiger partial charge in [0.25, 0.3) is 0 Å². The first-order chi connectivity index (χ1) is 9.23. The molecule has 2 N–H and O–H groups in total. The highest BCUT2D eigenvalue weighted by atomic mass is 32.2. The van der Waals surface area contributed by atoms with E-state index >= 15 is 0 Å². The molecule has 0 aromatic heterocycles. The topological polar surface area (TPSA) is 63.4 Å². The maximum Gasteiger partial charge on any atom is 0.243 e. The molecule has 0 amide bonds. The van der Waals surface area contributed by atoms with E-state index in [1.807, 2.05) is 39.8 Å². The highest BCUT2D eigenvalue weighted by molar-refractivity contribution is 7.89. The van der Waals surface area contributed by atoms with Crippen LogP contribution in [0.15, 0.2) is 17.0 Å². The van der Waals surface area contributed by atoms with E-state index in [1.54, 1.807) is 4.31 Å². The van der Waals surface area contributed by atoms with Crippen molar-refractivity contribution in [2.45, 2.75) is 45.1 Å². The molecule has 20 heavy (non-hydrogen) atoms. The van der Waals surface area contributed by atoms with Crippen LogP contribution in [0.25, 0.3) is 0 Å². The van der Waals surface area contributed by atoms with Crippen molar-refractivity contribution in [1.29, 1.82) is 0 Å². The summed E-state index contributed by atoms with van der Waals surface area (Å²) in [5.41, 5.74) is 8.72. The van der Waals surface area contributed by atoms with Gasteiger partial charge in [-0.3, -0.25) is 0 Å². The van der Waals surface area contributed by atoms with Gasteiger partial charge in [-0.25, -0.2) is 8.42 Å². The van der Waals surface area contributed by atoms with Gasteiger partial charge in [-0.1, -0.05) is 24.6 Å². The van der Waals surface area contributed by atoms with Crippen LogP contribution in [-0.4, -0.2) is 31.9 Å². The van der Waals surface area contributed by atoms with E-state index in [0.29, 0.717) is 18.0 Å². The molecule has 1 aliphatic rings. The summed E-state index contributed by atoms with van der Waals surface area (Å²) in [6, 6.07) is 3.96. The maximum absolute atomic E-state index is 12.9. The number of rotatable bonds is 2. The summed E-state index contributed by atoms with van der Waals surface area (Å²) >= 11 is 0. The minimum atomic E-state index is -3.42. The molecule has 2 unspecified atom stereocenters. The van der Waals surface area contributed by atoms with Crippen LogP contribution >= 0.6 is 0 Å². The number of nitrogens with zero attached hydrogens (tertiary/aromatic N) is 1. The largest absolute Gasteiger partial charge is 0.327 e. The van der Waals surface area contributed by atoms with Crippen molar-refractivity contribution < 1.29 is 8.42 Å². The third-order valence-electron chi connectivity index (χ3n) is 4.14. The molecule has 0 radical (unpaired) electrons. The van der Waals surface area contributed by atoms with E-state index in [-0.39, 0.29) is 12.0 Å². The van der Waals surface area contributed by atoms with Gasteiger partial charge in [0.05, 0.1) is 4.90 Å². The molecule has 0 saturated carbocycles. The van der Waals surface area contributed by atoms with E-state index in [2.05, 4.69) is 0 Å². The summed E-state index contributed by atoms with van der Waals surface area (Å²) in [5.74, 6) is 0.199. The van der Waals surface area contributed by atoms with E-state index in [4.69, 9.17) is 5.73 Å². The Balaban J connectivity index is 2.41. The second-order valence-corrected chi connectivity index (χ2v) is 7.90. The molecule has 112 valence electrons. The zero-order valence-corrected chi connectivity index (χ0v) is 13.5. The number of benzene rings is 1. The summed E-state index contributed by atoms with van der Waals surface area (Å²) < 4.78 is 27.3. The Kier molecular flexibility index (Phi) is 4.23. The van der Waals surface area contributed by atoms with Crippen molar-refractivity contribution in [3.8, 4) is 0 Å². The van der Waals surface area contributed by atoms with Crippen molar-refractivity contribution in [2.75, 3.05) is 13.1 Å². The molecule has 2 atom stereocenters. The number of hydrogen-bond donors (Lipinski definition) is 1. The standard InChI is InChI=1S/C15H24N2O2S/c1-10-7-11(2)15(12(3)8-10)20(18,19)17-6-5-14(16)13(4)9-17/h7-8,13-14H,5-6,9,16H2,1-4H3. The molecule has 5 heteroatoms. The smallest absolute Gasteiger partial charge is 0.243 e. The molecule has 1 aliphatic heterocycles. The Morgan fingerprint density at radius 2 is 1.75 bits per heavy atom. The Hall–Kier alpha value is -0.910. The Morgan fingerprint density at radius 1 is 1.20 bits per heavy atom. The average Bonchev–Trinajstić information content (AvgIpc) is 2.30. The third kappa shape index (κ3) is 2.75. The fourth-order valence-corrected chi connectivity index (χ4v) is 5.01. The average molecular weight is 296 g/mol. The zero-order valence-electron chi connectivity index (χ0n) is 12.7. The van der Waals surface area contributed by atoms with Gasteiger partial charge >= 0.3 is 0 Å². The normalized spacial score (nSPS) is 24.9. The van der Waals surface area contributed by atoms with Crippen molar-refractivity contribution in [2.24, 2.45) is 11.7 Å².